The van der Waals surface area contributed by atoms with Gasteiger partial charge in [-0.05, 0) is 91.8 Å². The quantitative estimate of drug-likeness (QED) is 0.587. The SMILES string of the molecule is Cc1cc(Cl)cc(B2OC(C)(C)C(C)(C)O2)c1OCC1CCN(C(=O)OC(C)(C)C)CC1. The molecule has 0 aliphatic carbocycles. The third-order valence-corrected chi connectivity index (χ3v) is 6.72. The molecule has 2 saturated heterocycles. The van der Waals surface area contributed by atoms with Crippen LogP contribution >= 0.6 is 11.6 Å². The fourth-order valence-corrected chi connectivity index (χ4v) is 4.19. The smallest absolute Gasteiger partial charge is 0.493 e. The maximum absolute atomic E-state index is 12.3. The number of rotatable bonds is 4. The van der Waals surface area contributed by atoms with Gasteiger partial charge in [0.2, 0.25) is 0 Å². The minimum absolute atomic E-state index is 0.242. The van der Waals surface area contributed by atoms with Crippen molar-refractivity contribution in [2.45, 2.75) is 85.0 Å². The predicted octanol–water partition coefficient (Wildman–Crippen LogP) is 4.97. The molecule has 3 rings (SSSR count). The van der Waals surface area contributed by atoms with E-state index in [1.165, 1.54) is 0 Å². The van der Waals surface area contributed by atoms with Crippen LogP contribution in [0.1, 0.15) is 66.9 Å². The van der Waals surface area contributed by atoms with Crippen LogP contribution in [0, 0.1) is 12.8 Å². The average Bonchev–Trinajstić information content (AvgIpc) is 2.87. The summed E-state index contributed by atoms with van der Waals surface area (Å²) in [6.07, 6.45) is 1.50. The second kappa shape index (κ2) is 9.07. The lowest BCUT2D eigenvalue weighted by Gasteiger charge is -2.33. The van der Waals surface area contributed by atoms with Crippen LogP contribution in [-0.2, 0) is 14.0 Å². The zero-order valence-electron chi connectivity index (χ0n) is 20.7. The highest BCUT2D eigenvalue weighted by Crippen LogP contribution is 2.38. The van der Waals surface area contributed by atoms with Crippen LogP contribution in [0.3, 0.4) is 0 Å². The van der Waals surface area contributed by atoms with Gasteiger partial charge in [-0.3, -0.25) is 0 Å². The number of halogens is 1. The Morgan fingerprint density at radius 3 is 2.25 bits per heavy atom. The van der Waals surface area contributed by atoms with Gasteiger partial charge in [-0.15, -0.1) is 0 Å². The highest BCUT2D eigenvalue weighted by molar-refractivity contribution is 6.63. The Morgan fingerprint density at radius 2 is 1.72 bits per heavy atom. The molecule has 0 unspecified atom stereocenters. The first-order chi connectivity index (χ1) is 14.7. The van der Waals surface area contributed by atoms with Crippen molar-refractivity contribution in [1.29, 1.82) is 0 Å². The Bertz CT molecular complexity index is 828. The first-order valence-electron chi connectivity index (χ1n) is 11.4. The van der Waals surface area contributed by atoms with Crippen molar-refractivity contribution in [3.63, 3.8) is 0 Å². The monoisotopic (exact) mass is 465 g/mol. The number of carbonyl (C=O) groups is 1. The molecule has 0 atom stereocenters. The number of piperidine rings is 1. The minimum Gasteiger partial charge on any atom is -0.493 e. The molecule has 1 aromatic carbocycles. The Hall–Kier alpha value is -1.44. The van der Waals surface area contributed by atoms with Crippen molar-refractivity contribution in [2.24, 2.45) is 5.92 Å². The van der Waals surface area contributed by atoms with Crippen LogP contribution in [0.25, 0.3) is 0 Å². The molecule has 0 bridgehead atoms. The second-order valence-corrected chi connectivity index (χ2v) is 11.4. The predicted molar refractivity (Wildman–Crippen MR) is 128 cm³/mol. The lowest BCUT2D eigenvalue weighted by Crippen LogP contribution is -2.42. The standard InChI is InChI=1S/C24H37BClNO5/c1-16-13-18(26)14-19(25-31-23(5,6)24(7,8)32-25)20(16)29-15-17-9-11-27(12-10-17)21(28)30-22(2,3)4/h13-14,17H,9-12,15H2,1-8H3. The van der Waals surface area contributed by atoms with Crippen molar-refractivity contribution in [3.05, 3.63) is 22.7 Å². The highest BCUT2D eigenvalue weighted by atomic mass is 35.5. The van der Waals surface area contributed by atoms with Gasteiger partial charge in [-0.25, -0.2) is 4.79 Å². The lowest BCUT2D eigenvalue weighted by atomic mass is 9.77. The molecule has 1 amide bonds. The van der Waals surface area contributed by atoms with Crippen LogP contribution < -0.4 is 10.2 Å². The molecule has 32 heavy (non-hydrogen) atoms. The number of carbonyl (C=O) groups excluding carboxylic acids is 1. The van der Waals surface area contributed by atoms with Crippen molar-refractivity contribution < 1.29 is 23.6 Å². The molecular weight excluding hydrogens is 429 g/mol. The zero-order valence-corrected chi connectivity index (χ0v) is 21.5. The summed E-state index contributed by atoms with van der Waals surface area (Å²) in [5.74, 6) is 1.12. The molecule has 178 valence electrons. The summed E-state index contributed by atoms with van der Waals surface area (Å²) in [4.78, 5) is 14.1. The number of hydrogen-bond donors (Lipinski definition) is 0. The fourth-order valence-electron chi connectivity index (χ4n) is 3.91. The van der Waals surface area contributed by atoms with Gasteiger partial charge in [0.15, 0.2) is 0 Å². The van der Waals surface area contributed by atoms with Gasteiger partial charge in [-0.2, -0.15) is 0 Å². The second-order valence-electron chi connectivity index (χ2n) is 11.0. The molecule has 2 heterocycles. The summed E-state index contributed by atoms with van der Waals surface area (Å²) >= 11 is 6.37. The molecule has 0 aromatic heterocycles. The molecular formula is C24H37BClNO5. The van der Waals surface area contributed by atoms with Gasteiger partial charge in [0.1, 0.15) is 11.4 Å². The first kappa shape index (κ1) is 25.2. The van der Waals surface area contributed by atoms with Gasteiger partial charge in [0.25, 0.3) is 0 Å². The van der Waals surface area contributed by atoms with Gasteiger partial charge in [0.05, 0.1) is 17.8 Å². The van der Waals surface area contributed by atoms with Crippen LogP contribution in [0.2, 0.25) is 5.02 Å². The van der Waals surface area contributed by atoms with Crippen molar-refractivity contribution in [1.82, 2.24) is 4.90 Å². The molecule has 2 aliphatic heterocycles. The van der Waals surface area contributed by atoms with Gasteiger partial charge in [-0.1, -0.05) is 11.6 Å². The van der Waals surface area contributed by atoms with Crippen molar-refractivity contribution in [3.8, 4) is 5.75 Å². The van der Waals surface area contributed by atoms with Crippen LogP contribution in [0.4, 0.5) is 4.79 Å². The summed E-state index contributed by atoms with van der Waals surface area (Å²) in [6, 6.07) is 3.77. The third-order valence-electron chi connectivity index (χ3n) is 6.50. The first-order valence-corrected chi connectivity index (χ1v) is 11.8. The summed E-state index contributed by atoms with van der Waals surface area (Å²) < 4.78 is 24.3. The summed E-state index contributed by atoms with van der Waals surface area (Å²) in [6.45, 7) is 17.7. The van der Waals surface area contributed by atoms with Gasteiger partial charge in [0, 0.05) is 23.6 Å². The van der Waals surface area contributed by atoms with E-state index in [2.05, 4.69) is 0 Å². The Morgan fingerprint density at radius 1 is 1.16 bits per heavy atom. The molecule has 8 heteroatoms. The van der Waals surface area contributed by atoms with E-state index in [0.29, 0.717) is 30.6 Å². The van der Waals surface area contributed by atoms with Crippen molar-refractivity contribution in [2.75, 3.05) is 19.7 Å². The number of hydrogen-bond acceptors (Lipinski definition) is 5. The van der Waals surface area contributed by atoms with Crippen LogP contribution in [-0.4, -0.2) is 54.6 Å². The van der Waals surface area contributed by atoms with E-state index < -0.39 is 23.9 Å². The van der Waals surface area contributed by atoms with E-state index >= 15 is 0 Å². The van der Waals surface area contributed by atoms with Gasteiger partial charge < -0.3 is 23.7 Å². The van der Waals surface area contributed by atoms with Gasteiger partial charge >= 0.3 is 13.2 Å². The Labute approximate surface area is 198 Å². The molecule has 2 fully saturated rings. The van der Waals surface area contributed by atoms with E-state index in [1.807, 2.05) is 67.5 Å². The number of nitrogens with zero attached hydrogens (tertiary/aromatic N) is 1. The van der Waals surface area contributed by atoms with Crippen LogP contribution in [0.15, 0.2) is 12.1 Å². The van der Waals surface area contributed by atoms with E-state index in [9.17, 15) is 4.79 Å². The fraction of sp³-hybridized carbons (Fsp3) is 0.708. The molecule has 0 N–H and O–H groups in total. The van der Waals surface area contributed by atoms with E-state index in [4.69, 9.17) is 30.4 Å². The third kappa shape index (κ3) is 5.73. The van der Waals surface area contributed by atoms with E-state index in [0.717, 1.165) is 29.6 Å². The number of likely N-dealkylation sites (tertiary alicyclic amines) is 1. The van der Waals surface area contributed by atoms with E-state index in [-0.39, 0.29) is 6.09 Å². The number of benzene rings is 1. The minimum atomic E-state index is -0.540. The molecule has 1 aromatic rings. The highest BCUT2D eigenvalue weighted by Gasteiger charge is 2.52. The maximum atomic E-state index is 12.3. The normalized spacial score (nSPS) is 21.0. The Balaban J connectivity index is 1.65. The zero-order chi connectivity index (χ0) is 23.9. The topological polar surface area (TPSA) is 57.2 Å². The molecule has 0 spiro atoms. The molecule has 0 saturated carbocycles. The lowest BCUT2D eigenvalue weighted by molar-refractivity contribution is 0.00578. The van der Waals surface area contributed by atoms with E-state index in [1.54, 1.807) is 4.90 Å². The number of ether oxygens (including phenoxy) is 2. The summed E-state index contributed by atoms with van der Waals surface area (Å²) in [7, 11) is -0.540. The average molecular weight is 466 g/mol. The largest absolute Gasteiger partial charge is 0.498 e. The van der Waals surface area contributed by atoms with Crippen molar-refractivity contribution >= 4 is 30.3 Å². The van der Waals surface area contributed by atoms with Crippen LogP contribution in [0.5, 0.6) is 5.75 Å². The maximum Gasteiger partial charge on any atom is 0.498 e. The molecule has 6 nitrogen and oxygen atoms in total. The molecule has 2 aliphatic rings. The summed E-state index contributed by atoms with van der Waals surface area (Å²) in [5.41, 5.74) is 0.403. The number of amides is 1. The Kier molecular flexibility index (Phi) is 7.14. The molecule has 0 radical (unpaired) electrons. The summed E-state index contributed by atoms with van der Waals surface area (Å²) in [5, 5.41) is 0.630. The number of aryl methyl sites for hydroxylation is 1.